The quantitative estimate of drug-likeness (QED) is 0.651. The van der Waals surface area contributed by atoms with Gasteiger partial charge in [0.1, 0.15) is 0 Å². The third kappa shape index (κ3) is 5.38. The number of rotatable bonds is 10. The average Bonchev–Trinajstić information content (AvgIpc) is 3.17. The van der Waals surface area contributed by atoms with Crippen molar-refractivity contribution in [2.45, 2.75) is 71.3 Å². The molecule has 0 aromatic heterocycles. The number of carbonyl (C=O) groups is 1. The van der Waals surface area contributed by atoms with Crippen LogP contribution in [0.15, 0.2) is 0 Å². The summed E-state index contributed by atoms with van der Waals surface area (Å²) < 4.78 is 0. The number of hydrogen-bond acceptors (Lipinski definition) is 2. The minimum absolute atomic E-state index is 0.373. The Morgan fingerprint density at radius 1 is 1.22 bits per heavy atom. The molecule has 0 bridgehead atoms. The fourth-order valence-corrected chi connectivity index (χ4v) is 2.69. The van der Waals surface area contributed by atoms with E-state index in [0.29, 0.717) is 17.9 Å². The largest absolute Gasteiger partial charge is 0.340 e. The molecule has 1 unspecified atom stereocenters. The summed E-state index contributed by atoms with van der Waals surface area (Å²) >= 11 is 0. The smallest absolute Gasteiger partial charge is 0.222 e. The summed E-state index contributed by atoms with van der Waals surface area (Å²) in [4.78, 5) is 14.3. The van der Waals surface area contributed by atoms with Crippen molar-refractivity contribution in [3.8, 4) is 0 Å². The Morgan fingerprint density at radius 2 is 1.94 bits per heavy atom. The van der Waals surface area contributed by atoms with Crippen molar-refractivity contribution in [2.24, 2.45) is 11.7 Å². The zero-order valence-corrected chi connectivity index (χ0v) is 12.2. The van der Waals surface area contributed by atoms with Gasteiger partial charge < -0.3 is 10.6 Å². The van der Waals surface area contributed by atoms with Crippen LogP contribution in [0.1, 0.15) is 65.2 Å². The van der Waals surface area contributed by atoms with Gasteiger partial charge in [-0.2, -0.15) is 0 Å². The molecule has 0 aromatic carbocycles. The molecule has 0 spiro atoms. The lowest BCUT2D eigenvalue weighted by molar-refractivity contribution is -0.132. The molecule has 1 atom stereocenters. The van der Waals surface area contributed by atoms with Crippen LogP contribution in [0.25, 0.3) is 0 Å². The maximum atomic E-state index is 12.2. The molecular weight excluding hydrogens is 224 g/mol. The first kappa shape index (κ1) is 15.5. The predicted octanol–water partition coefficient (Wildman–Crippen LogP) is 2.93. The van der Waals surface area contributed by atoms with Crippen LogP contribution in [-0.4, -0.2) is 29.9 Å². The third-order valence-corrected chi connectivity index (χ3v) is 3.81. The normalized spacial score (nSPS) is 16.6. The molecule has 1 saturated carbocycles. The van der Waals surface area contributed by atoms with Crippen LogP contribution in [0.3, 0.4) is 0 Å². The predicted molar refractivity (Wildman–Crippen MR) is 76.3 cm³/mol. The van der Waals surface area contributed by atoms with Crippen molar-refractivity contribution in [2.75, 3.05) is 13.1 Å². The Bertz CT molecular complexity index is 233. The maximum Gasteiger partial charge on any atom is 0.222 e. The molecular formula is C15H30N2O. The van der Waals surface area contributed by atoms with E-state index in [1.54, 1.807) is 0 Å². The summed E-state index contributed by atoms with van der Waals surface area (Å²) in [6.07, 6.45) is 8.72. The zero-order valence-electron chi connectivity index (χ0n) is 12.2. The van der Waals surface area contributed by atoms with Crippen LogP contribution in [0.2, 0.25) is 0 Å². The highest BCUT2D eigenvalue weighted by Crippen LogP contribution is 2.28. The second-order valence-corrected chi connectivity index (χ2v) is 5.59. The zero-order chi connectivity index (χ0) is 13.4. The Morgan fingerprint density at radius 3 is 2.44 bits per heavy atom. The van der Waals surface area contributed by atoms with Crippen LogP contribution < -0.4 is 5.73 Å². The molecule has 3 heteroatoms. The SMILES string of the molecule is CCCC(CCN)CCC(=O)N(CCC)C1CC1. The Hall–Kier alpha value is -0.570. The molecule has 2 N–H and O–H groups in total. The van der Waals surface area contributed by atoms with Crippen molar-refractivity contribution in [3.05, 3.63) is 0 Å². The van der Waals surface area contributed by atoms with Crippen molar-refractivity contribution in [1.29, 1.82) is 0 Å². The Kier molecular flexibility index (Phi) is 7.33. The summed E-state index contributed by atoms with van der Waals surface area (Å²) in [6.45, 7) is 6.05. The lowest BCUT2D eigenvalue weighted by Crippen LogP contribution is -2.34. The fourth-order valence-electron chi connectivity index (χ4n) is 2.69. The summed E-state index contributed by atoms with van der Waals surface area (Å²) in [5, 5.41) is 0. The van der Waals surface area contributed by atoms with E-state index < -0.39 is 0 Å². The van der Waals surface area contributed by atoms with E-state index in [2.05, 4.69) is 18.7 Å². The van der Waals surface area contributed by atoms with Crippen LogP contribution in [0, 0.1) is 5.92 Å². The van der Waals surface area contributed by atoms with E-state index in [1.165, 1.54) is 25.7 Å². The van der Waals surface area contributed by atoms with Gasteiger partial charge >= 0.3 is 0 Å². The summed E-state index contributed by atoms with van der Waals surface area (Å²) in [5.74, 6) is 1.02. The summed E-state index contributed by atoms with van der Waals surface area (Å²) in [7, 11) is 0. The molecule has 3 nitrogen and oxygen atoms in total. The van der Waals surface area contributed by atoms with Gasteiger partial charge in [0.2, 0.25) is 5.91 Å². The van der Waals surface area contributed by atoms with Crippen LogP contribution in [-0.2, 0) is 4.79 Å². The molecule has 1 aliphatic carbocycles. The fraction of sp³-hybridized carbons (Fsp3) is 0.933. The highest BCUT2D eigenvalue weighted by atomic mass is 16.2. The van der Waals surface area contributed by atoms with Gasteiger partial charge in [-0.15, -0.1) is 0 Å². The number of amides is 1. The topological polar surface area (TPSA) is 46.3 Å². The van der Waals surface area contributed by atoms with E-state index in [4.69, 9.17) is 5.73 Å². The number of carbonyl (C=O) groups excluding carboxylic acids is 1. The van der Waals surface area contributed by atoms with Gasteiger partial charge in [0.05, 0.1) is 0 Å². The Labute approximate surface area is 112 Å². The molecule has 1 amide bonds. The average molecular weight is 254 g/mol. The molecule has 1 rings (SSSR count). The highest BCUT2D eigenvalue weighted by molar-refractivity contribution is 5.76. The van der Waals surface area contributed by atoms with Gasteiger partial charge in [0.25, 0.3) is 0 Å². The molecule has 18 heavy (non-hydrogen) atoms. The van der Waals surface area contributed by atoms with Crippen molar-refractivity contribution < 1.29 is 4.79 Å². The van der Waals surface area contributed by atoms with Gasteiger partial charge in [-0.1, -0.05) is 26.7 Å². The van der Waals surface area contributed by atoms with Gasteiger partial charge in [-0.25, -0.2) is 0 Å². The van der Waals surface area contributed by atoms with Gasteiger partial charge in [-0.3, -0.25) is 4.79 Å². The van der Waals surface area contributed by atoms with Gasteiger partial charge in [-0.05, 0) is 44.6 Å². The first-order valence-corrected chi connectivity index (χ1v) is 7.72. The first-order chi connectivity index (χ1) is 8.72. The molecule has 0 radical (unpaired) electrons. The standard InChI is InChI=1S/C15H30N2O/c1-3-5-13(10-11-16)6-9-15(18)17(12-4-2)14-7-8-14/h13-14H,3-12,16H2,1-2H3. The van der Waals surface area contributed by atoms with Crippen molar-refractivity contribution in [1.82, 2.24) is 4.90 Å². The maximum absolute atomic E-state index is 12.2. The number of hydrogen-bond donors (Lipinski definition) is 1. The first-order valence-electron chi connectivity index (χ1n) is 7.72. The molecule has 1 fully saturated rings. The molecule has 0 saturated heterocycles. The van der Waals surface area contributed by atoms with E-state index in [1.807, 2.05) is 0 Å². The number of nitrogens with zero attached hydrogens (tertiary/aromatic N) is 1. The molecule has 1 aliphatic rings. The van der Waals surface area contributed by atoms with E-state index in [9.17, 15) is 4.79 Å². The van der Waals surface area contributed by atoms with Crippen molar-refractivity contribution >= 4 is 5.91 Å². The minimum atomic E-state index is 0.373. The number of nitrogens with two attached hydrogens (primary N) is 1. The van der Waals surface area contributed by atoms with Crippen LogP contribution in [0.5, 0.6) is 0 Å². The monoisotopic (exact) mass is 254 g/mol. The second kappa shape index (κ2) is 8.52. The van der Waals surface area contributed by atoms with Crippen molar-refractivity contribution in [3.63, 3.8) is 0 Å². The van der Waals surface area contributed by atoms with E-state index >= 15 is 0 Å². The summed E-state index contributed by atoms with van der Waals surface area (Å²) in [6, 6.07) is 0.566. The van der Waals surface area contributed by atoms with Gasteiger partial charge in [0, 0.05) is 19.0 Å². The Balaban J connectivity index is 2.32. The minimum Gasteiger partial charge on any atom is -0.340 e. The molecule has 0 aromatic rings. The van der Waals surface area contributed by atoms with E-state index in [-0.39, 0.29) is 0 Å². The second-order valence-electron chi connectivity index (χ2n) is 5.59. The van der Waals surface area contributed by atoms with E-state index in [0.717, 1.165) is 38.8 Å². The highest BCUT2D eigenvalue weighted by Gasteiger charge is 2.31. The molecule has 0 aliphatic heterocycles. The lowest BCUT2D eigenvalue weighted by atomic mass is 9.94. The molecule has 106 valence electrons. The van der Waals surface area contributed by atoms with Gasteiger partial charge in [0.15, 0.2) is 0 Å². The lowest BCUT2D eigenvalue weighted by Gasteiger charge is -2.23. The van der Waals surface area contributed by atoms with Crippen LogP contribution >= 0.6 is 0 Å². The van der Waals surface area contributed by atoms with Crippen LogP contribution in [0.4, 0.5) is 0 Å². The summed E-state index contributed by atoms with van der Waals surface area (Å²) in [5.41, 5.74) is 5.64. The molecule has 0 heterocycles. The third-order valence-electron chi connectivity index (χ3n) is 3.81.